The number of nitrogens with two attached hydrogens (primary N) is 1. The Balaban J connectivity index is 1.50. The van der Waals surface area contributed by atoms with Gasteiger partial charge in [-0.3, -0.25) is 9.36 Å². The maximum Gasteiger partial charge on any atom is 0.244 e. The van der Waals surface area contributed by atoms with E-state index in [-0.39, 0.29) is 5.82 Å². The van der Waals surface area contributed by atoms with Crippen molar-refractivity contribution >= 4 is 29.0 Å². The maximum absolute atomic E-state index is 12.5. The summed E-state index contributed by atoms with van der Waals surface area (Å²) in [5.74, 6) is 0.418. The molecule has 2 aromatic heterocycles. The second-order valence-corrected chi connectivity index (χ2v) is 6.97. The largest absolute Gasteiger partial charge is 0.497 e. The fraction of sp³-hybridized carbons (Fsp3) is 0.300. The lowest BCUT2D eigenvalue weighted by Gasteiger charge is -2.20. The Bertz CT molecular complexity index is 1120. The van der Waals surface area contributed by atoms with Crippen molar-refractivity contribution in [3.8, 4) is 5.75 Å². The molecule has 1 saturated heterocycles. The predicted molar refractivity (Wildman–Crippen MR) is 111 cm³/mol. The van der Waals surface area contributed by atoms with Crippen molar-refractivity contribution in [2.75, 3.05) is 19.5 Å². The van der Waals surface area contributed by atoms with E-state index in [0.29, 0.717) is 16.9 Å². The molecule has 162 valence electrons. The van der Waals surface area contributed by atoms with Crippen molar-refractivity contribution in [2.45, 2.75) is 24.5 Å². The molecular weight excluding hydrogens is 404 g/mol. The van der Waals surface area contributed by atoms with E-state index in [1.54, 1.807) is 25.3 Å². The first kappa shape index (κ1) is 20.7. The molecule has 11 heteroatoms. The molecule has 5 N–H and O–H groups in total. The molecule has 0 spiro atoms. The van der Waals surface area contributed by atoms with Gasteiger partial charge in [0.15, 0.2) is 17.7 Å². The standard InChI is InChI=1S/C20H22N6O5/c1-30-12-4-2-3-11(7-12)5-6-14(28)25-15-13(8-27)31-20(17(15)29)26-10-24-16-18(21)22-9-23-19(16)26/h2-7,9-10,13,15,17,20,27,29H,8H2,1H3,(H,25,28)(H2,21,22,23)/b6-5+/t13-,15-,17-,20-/m1/s1. The van der Waals surface area contributed by atoms with E-state index in [0.717, 1.165) is 5.56 Å². The van der Waals surface area contributed by atoms with Gasteiger partial charge in [-0.05, 0) is 23.8 Å². The number of aromatic nitrogens is 4. The van der Waals surface area contributed by atoms with Crippen LogP contribution in [0.2, 0.25) is 0 Å². The molecule has 0 radical (unpaired) electrons. The number of benzene rings is 1. The molecule has 0 bridgehead atoms. The first-order valence-electron chi connectivity index (χ1n) is 9.52. The molecule has 3 aromatic rings. The average molecular weight is 426 g/mol. The molecular formula is C20H22N6O5. The van der Waals surface area contributed by atoms with Crippen molar-refractivity contribution in [1.29, 1.82) is 0 Å². The van der Waals surface area contributed by atoms with E-state index in [1.165, 1.54) is 23.3 Å². The van der Waals surface area contributed by atoms with Crippen LogP contribution in [0.25, 0.3) is 17.2 Å². The zero-order chi connectivity index (χ0) is 22.0. The number of anilines is 1. The van der Waals surface area contributed by atoms with Gasteiger partial charge in [-0.2, -0.15) is 0 Å². The topological polar surface area (TPSA) is 158 Å². The van der Waals surface area contributed by atoms with Gasteiger partial charge in [0.25, 0.3) is 0 Å². The van der Waals surface area contributed by atoms with Gasteiger partial charge >= 0.3 is 0 Å². The molecule has 3 heterocycles. The summed E-state index contributed by atoms with van der Waals surface area (Å²) in [6.07, 6.45) is 2.74. The van der Waals surface area contributed by atoms with Crippen LogP contribution in [0, 0.1) is 0 Å². The monoisotopic (exact) mass is 426 g/mol. The van der Waals surface area contributed by atoms with E-state index < -0.39 is 37.0 Å². The number of nitrogens with zero attached hydrogens (tertiary/aromatic N) is 4. The Labute approximate surface area is 177 Å². The summed E-state index contributed by atoms with van der Waals surface area (Å²) < 4.78 is 12.4. The highest BCUT2D eigenvalue weighted by molar-refractivity contribution is 5.92. The fourth-order valence-corrected chi connectivity index (χ4v) is 3.49. The van der Waals surface area contributed by atoms with Crippen molar-refractivity contribution in [1.82, 2.24) is 24.8 Å². The summed E-state index contributed by atoms with van der Waals surface area (Å²) in [6, 6.07) is 6.36. The van der Waals surface area contributed by atoms with Crippen LogP contribution >= 0.6 is 0 Å². The lowest BCUT2D eigenvalue weighted by Crippen LogP contribution is -2.47. The molecule has 0 saturated carbocycles. The maximum atomic E-state index is 12.5. The molecule has 4 rings (SSSR count). The summed E-state index contributed by atoms with van der Waals surface area (Å²) in [4.78, 5) is 24.6. The van der Waals surface area contributed by atoms with Crippen LogP contribution in [-0.2, 0) is 9.53 Å². The molecule has 0 aliphatic carbocycles. The number of aliphatic hydroxyl groups is 2. The normalized spacial score (nSPS) is 23.5. The number of ether oxygens (including phenoxy) is 2. The van der Waals surface area contributed by atoms with Crippen LogP contribution in [0.5, 0.6) is 5.75 Å². The van der Waals surface area contributed by atoms with E-state index in [2.05, 4.69) is 20.3 Å². The zero-order valence-corrected chi connectivity index (χ0v) is 16.6. The molecule has 1 amide bonds. The van der Waals surface area contributed by atoms with Crippen molar-refractivity contribution in [2.24, 2.45) is 0 Å². The van der Waals surface area contributed by atoms with Crippen LogP contribution in [0.1, 0.15) is 11.8 Å². The molecule has 1 aromatic carbocycles. The van der Waals surface area contributed by atoms with Gasteiger partial charge in [0, 0.05) is 6.08 Å². The number of hydrogen-bond acceptors (Lipinski definition) is 9. The fourth-order valence-electron chi connectivity index (χ4n) is 3.49. The van der Waals surface area contributed by atoms with Gasteiger partial charge in [-0.15, -0.1) is 0 Å². The summed E-state index contributed by atoms with van der Waals surface area (Å²) in [6.45, 7) is -0.401. The van der Waals surface area contributed by atoms with Gasteiger partial charge in [-0.25, -0.2) is 15.0 Å². The van der Waals surface area contributed by atoms with Crippen LogP contribution in [0.15, 0.2) is 43.0 Å². The molecule has 4 atom stereocenters. The number of methoxy groups -OCH3 is 1. The number of carbonyl (C=O) groups is 1. The molecule has 1 aliphatic rings. The highest BCUT2D eigenvalue weighted by Crippen LogP contribution is 2.31. The minimum atomic E-state index is -1.17. The van der Waals surface area contributed by atoms with Crippen molar-refractivity contribution in [3.05, 3.63) is 48.6 Å². The Morgan fingerprint density at radius 3 is 3.00 bits per heavy atom. The number of carbonyl (C=O) groups excluding carboxylic acids is 1. The number of aliphatic hydroxyl groups excluding tert-OH is 2. The molecule has 11 nitrogen and oxygen atoms in total. The van der Waals surface area contributed by atoms with Gasteiger partial charge in [0.1, 0.15) is 29.8 Å². The summed E-state index contributed by atoms with van der Waals surface area (Å²) in [5.41, 5.74) is 7.32. The van der Waals surface area contributed by atoms with E-state index >= 15 is 0 Å². The van der Waals surface area contributed by atoms with Gasteiger partial charge < -0.3 is 30.7 Å². The smallest absolute Gasteiger partial charge is 0.244 e. The van der Waals surface area contributed by atoms with E-state index in [4.69, 9.17) is 15.2 Å². The minimum Gasteiger partial charge on any atom is -0.497 e. The Morgan fingerprint density at radius 1 is 1.39 bits per heavy atom. The number of hydrogen-bond donors (Lipinski definition) is 4. The zero-order valence-electron chi connectivity index (χ0n) is 16.6. The van der Waals surface area contributed by atoms with E-state index in [1.807, 2.05) is 12.1 Å². The van der Waals surface area contributed by atoms with Crippen molar-refractivity contribution < 1.29 is 24.5 Å². The van der Waals surface area contributed by atoms with Gasteiger partial charge in [0.05, 0.1) is 26.1 Å². The number of amides is 1. The summed E-state index contributed by atoms with van der Waals surface area (Å²) >= 11 is 0. The number of fused-ring (bicyclic) bond motifs is 1. The third-order valence-electron chi connectivity index (χ3n) is 5.05. The lowest BCUT2D eigenvalue weighted by atomic mass is 10.1. The number of imidazole rings is 1. The third kappa shape index (κ3) is 4.06. The second-order valence-electron chi connectivity index (χ2n) is 6.97. The van der Waals surface area contributed by atoms with E-state index in [9.17, 15) is 15.0 Å². The summed E-state index contributed by atoms with van der Waals surface area (Å²) in [7, 11) is 1.56. The first-order chi connectivity index (χ1) is 15.0. The van der Waals surface area contributed by atoms with Gasteiger partial charge in [0.2, 0.25) is 5.91 Å². The summed E-state index contributed by atoms with van der Waals surface area (Å²) in [5, 5.41) is 23.3. The highest BCUT2D eigenvalue weighted by Gasteiger charge is 2.45. The van der Waals surface area contributed by atoms with Crippen LogP contribution in [-0.4, -0.2) is 67.6 Å². The second kappa shape index (κ2) is 8.68. The highest BCUT2D eigenvalue weighted by atomic mass is 16.5. The number of nitrogens with one attached hydrogen (secondary N) is 1. The number of rotatable bonds is 6. The quantitative estimate of drug-likeness (QED) is 0.394. The van der Waals surface area contributed by atoms with Gasteiger partial charge in [-0.1, -0.05) is 12.1 Å². The number of nitrogen functional groups attached to an aromatic ring is 1. The Hall–Kier alpha value is -3.54. The van der Waals surface area contributed by atoms with Crippen LogP contribution in [0.3, 0.4) is 0 Å². The third-order valence-corrected chi connectivity index (χ3v) is 5.05. The molecule has 1 aliphatic heterocycles. The molecule has 1 fully saturated rings. The van der Waals surface area contributed by atoms with Crippen LogP contribution < -0.4 is 15.8 Å². The van der Waals surface area contributed by atoms with Crippen LogP contribution in [0.4, 0.5) is 5.82 Å². The average Bonchev–Trinajstić information content (AvgIpc) is 3.34. The molecule has 0 unspecified atom stereocenters. The Morgan fingerprint density at radius 2 is 2.23 bits per heavy atom. The Kier molecular flexibility index (Phi) is 5.80. The minimum absolute atomic E-state index is 0.197. The SMILES string of the molecule is COc1cccc(/C=C/C(=O)N[C@H]2[C@@H](O)[C@H](n3cnc4c(N)ncnc43)O[C@@H]2CO)c1. The first-order valence-corrected chi connectivity index (χ1v) is 9.52. The lowest BCUT2D eigenvalue weighted by molar-refractivity contribution is -0.118. The predicted octanol–water partition coefficient (Wildman–Crippen LogP) is -0.134. The molecule has 31 heavy (non-hydrogen) atoms. The van der Waals surface area contributed by atoms with Crippen molar-refractivity contribution in [3.63, 3.8) is 0 Å².